The molecule has 2 aliphatic rings. The number of carboxylic acid groups (broad SMARTS) is 1. The van der Waals surface area contributed by atoms with Crippen LogP contribution in [-0.4, -0.2) is 22.7 Å². The highest BCUT2D eigenvalue weighted by Crippen LogP contribution is 2.33. The number of nitro groups is 1. The molecule has 1 aromatic carbocycles. The van der Waals surface area contributed by atoms with Crippen molar-refractivity contribution in [1.82, 2.24) is 0 Å². The molecule has 0 aliphatic heterocycles. The van der Waals surface area contributed by atoms with Crippen molar-refractivity contribution in [3.05, 3.63) is 52.1 Å². The van der Waals surface area contributed by atoms with Crippen LogP contribution in [0.2, 0.25) is 0 Å². The Morgan fingerprint density at radius 1 is 1.32 bits per heavy atom. The number of fused-ring (bicyclic) bond motifs is 1. The molecule has 0 spiro atoms. The first-order chi connectivity index (χ1) is 12.0. The molecule has 0 fully saturated rings. The van der Waals surface area contributed by atoms with Crippen LogP contribution in [0, 0.1) is 33.8 Å². The van der Waals surface area contributed by atoms with Gasteiger partial charge >= 0.3 is 11.8 Å². The van der Waals surface area contributed by atoms with Crippen LogP contribution in [0.3, 0.4) is 0 Å². The van der Waals surface area contributed by atoms with Gasteiger partial charge < -0.3 is 9.84 Å². The lowest BCUT2D eigenvalue weighted by Crippen LogP contribution is -2.10. The van der Waals surface area contributed by atoms with Gasteiger partial charge in [0.05, 0.1) is 4.92 Å². The van der Waals surface area contributed by atoms with Gasteiger partial charge in [-0.2, -0.15) is 5.26 Å². The normalized spacial score (nSPS) is 9.52. The van der Waals surface area contributed by atoms with Gasteiger partial charge in [0, 0.05) is 12.1 Å². The summed E-state index contributed by atoms with van der Waals surface area (Å²) in [6.45, 7) is -0.297. The number of hydrogen-bond acceptors (Lipinski definition) is 5. The third-order valence-electron chi connectivity index (χ3n) is 3.18. The topological polar surface area (TPSA) is 125 Å². The van der Waals surface area contributed by atoms with Gasteiger partial charge in [-0.25, -0.2) is 4.79 Å². The Morgan fingerprint density at radius 2 is 1.92 bits per heavy atom. The summed E-state index contributed by atoms with van der Waals surface area (Å²) in [7, 11) is 0. The minimum Gasteiger partial charge on any atom is -0.479 e. The van der Waals surface area contributed by atoms with E-state index in [0.29, 0.717) is 0 Å². The molecule has 1 amide bonds. The standard InChI is InChI=1S/C11H7N3O5.C6H4/c1-2-7-5-8(19-4-3-12)6-9(13-11(15)16)10(7)14(17)18;1-2-6-4-3-5(1)6/h1,5-6,13H,4H2,(H,15,16);1-4H. The fraction of sp³-hybridized carbons (Fsp3) is 0.0588. The molecule has 0 radical (unpaired) electrons. The largest absolute Gasteiger partial charge is 0.479 e. The monoisotopic (exact) mass is 337 g/mol. The molecule has 2 N–H and O–H groups in total. The molecule has 2 aliphatic carbocycles. The summed E-state index contributed by atoms with van der Waals surface area (Å²) in [4.78, 5) is 20.7. The van der Waals surface area contributed by atoms with Crippen molar-refractivity contribution in [2.24, 2.45) is 0 Å². The van der Waals surface area contributed by atoms with Gasteiger partial charge in [0.1, 0.15) is 23.1 Å². The molecule has 124 valence electrons. The fourth-order valence-corrected chi connectivity index (χ4v) is 1.99. The SMILES string of the molecule is C#Cc1cc(OCC#N)cc(NC(=O)O)c1[N+](=O)[O-].c1cc2ccc1-2. The van der Waals surface area contributed by atoms with E-state index in [1.807, 2.05) is 5.32 Å². The van der Waals surface area contributed by atoms with Crippen molar-refractivity contribution in [1.29, 1.82) is 5.26 Å². The summed E-state index contributed by atoms with van der Waals surface area (Å²) >= 11 is 0. The van der Waals surface area contributed by atoms with E-state index >= 15 is 0 Å². The number of anilines is 1. The first-order valence-corrected chi connectivity index (χ1v) is 6.85. The second kappa shape index (κ2) is 7.49. The Balaban J connectivity index is 0.000000306. The number of carbonyl (C=O) groups is 1. The quantitative estimate of drug-likeness (QED) is 0.427. The summed E-state index contributed by atoms with van der Waals surface area (Å²) in [6, 6.07) is 12.5. The van der Waals surface area contributed by atoms with Gasteiger partial charge in [0.25, 0.3) is 0 Å². The average Bonchev–Trinajstić information content (AvgIpc) is 2.55. The van der Waals surface area contributed by atoms with Crippen LogP contribution >= 0.6 is 0 Å². The number of rotatable bonds is 4. The Bertz CT molecular complexity index is 887. The van der Waals surface area contributed by atoms with E-state index in [2.05, 4.69) is 30.2 Å². The number of nitro benzene ring substituents is 1. The van der Waals surface area contributed by atoms with Crippen LogP contribution in [0.5, 0.6) is 5.75 Å². The van der Waals surface area contributed by atoms with Crippen LogP contribution in [0.1, 0.15) is 5.56 Å². The van der Waals surface area contributed by atoms with E-state index in [4.69, 9.17) is 21.5 Å². The summed E-state index contributed by atoms with van der Waals surface area (Å²) in [5.74, 6) is 2.13. The molecule has 8 nitrogen and oxygen atoms in total. The van der Waals surface area contributed by atoms with Crippen LogP contribution in [0.15, 0.2) is 36.4 Å². The predicted molar refractivity (Wildman–Crippen MR) is 89.2 cm³/mol. The number of nitrogens with one attached hydrogen (secondary N) is 1. The van der Waals surface area contributed by atoms with Gasteiger partial charge in [0.15, 0.2) is 6.61 Å². The van der Waals surface area contributed by atoms with Crippen LogP contribution in [-0.2, 0) is 0 Å². The van der Waals surface area contributed by atoms with Crippen molar-refractivity contribution in [3.63, 3.8) is 0 Å². The highest BCUT2D eigenvalue weighted by atomic mass is 16.6. The molecular formula is C17H11N3O5. The molecule has 0 bridgehead atoms. The van der Waals surface area contributed by atoms with Crippen LogP contribution in [0.25, 0.3) is 11.1 Å². The summed E-state index contributed by atoms with van der Waals surface area (Å²) in [5.41, 5.74) is 1.84. The number of hydrogen-bond donors (Lipinski definition) is 2. The third-order valence-corrected chi connectivity index (χ3v) is 3.18. The lowest BCUT2D eigenvalue weighted by atomic mass is 9.95. The molecule has 25 heavy (non-hydrogen) atoms. The Labute approximate surface area is 142 Å². The third kappa shape index (κ3) is 4.03. The number of nitrogens with zero attached hydrogens (tertiary/aromatic N) is 2. The lowest BCUT2D eigenvalue weighted by Gasteiger charge is -2.10. The van der Waals surface area contributed by atoms with E-state index in [-0.39, 0.29) is 23.6 Å². The highest BCUT2D eigenvalue weighted by Gasteiger charge is 2.22. The summed E-state index contributed by atoms with van der Waals surface area (Å²) in [5, 5.41) is 29.8. The molecule has 0 aromatic heterocycles. The van der Waals surface area contributed by atoms with Crippen LogP contribution in [0.4, 0.5) is 16.2 Å². The van der Waals surface area contributed by atoms with Crippen molar-refractivity contribution in [3.8, 4) is 35.3 Å². The number of amides is 1. The first-order valence-electron chi connectivity index (χ1n) is 6.85. The zero-order valence-electron chi connectivity index (χ0n) is 12.7. The van der Waals surface area contributed by atoms with E-state index in [1.165, 1.54) is 17.2 Å². The van der Waals surface area contributed by atoms with E-state index < -0.39 is 16.7 Å². The Kier molecular flexibility index (Phi) is 5.18. The van der Waals surface area contributed by atoms with Gasteiger partial charge in [-0.15, -0.1) is 6.42 Å². The second-order valence-corrected chi connectivity index (χ2v) is 4.72. The molecule has 3 rings (SSSR count). The molecule has 1 aromatic rings. The molecule has 0 heterocycles. The van der Waals surface area contributed by atoms with E-state index in [9.17, 15) is 14.9 Å². The predicted octanol–water partition coefficient (Wildman–Crippen LogP) is 3.24. The average molecular weight is 337 g/mol. The van der Waals surface area contributed by atoms with Crippen molar-refractivity contribution >= 4 is 17.5 Å². The maximum absolute atomic E-state index is 10.9. The van der Waals surface area contributed by atoms with E-state index in [1.54, 1.807) is 6.07 Å². The van der Waals surface area contributed by atoms with E-state index in [0.717, 1.165) is 6.07 Å². The minimum absolute atomic E-state index is 0.0591. The summed E-state index contributed by atoms with van der Waals surface area (Å²) < 4.78 is 4.94. The second-order valence-electron chi connectivity index (χ2n) is 4.72. The minimum atomic E-state index is -1.48. The molecule has 0 saturated heterocycles. The number of nitriles is 1. The maximum atomic E-state index is 10.9. The molecule has 0 unspecified atom stereocenters. The first kappa shape index (κ1) is 17.3. The van der Waals surface area contributed by atoms with Crippen molar-refractivity contribution in [2.45, 2.75) is 0 Å². The maximum Gasteiger partial charge on any atom is 0.409 e. The highest BCUT2D eigenvalue weighted by molar-refractivity contribution is 5.88. The molecule has 0 saturated carbocycles. The molecule has 8 heteroatoms. The van der Waals surface area contributed by atoms with Gasteiger partial charge in [-0.05, 0) is 11.1 Å². The zero-order valence-corrected chi connectivity index (χ0v) is 12.7. The number of ether oxygens (including phenoxy) is 1. The van der Waals surface area contributed by atoms with Gasteiger partial charge in [-0.1, -0.05) is 30.2 Å². The van der Waals surface area contributed by atoms with Crippen LogP contribution < -0.4 is 10.1 Å². The van der Waals surface area contributed by atoms with Gasteiger partial charge in [0.2, 0.25) is 0 Å². The summed E-state index contributed by atoms with van der Waals surface area (Å²) in [6.07, 6.45) is 3.65. The smallest absolute Gasteiger partial charge is 0.409 e. The van der Waals surface area contributed by atoms with Crippen molar-refractivity contribution < 1.29 is 19.6 Å². The van der Waals surface area contributed by atoms with Gasteiger partial charge in [-0.3, -0.25) is 15.4 Å². The Hall–Kier alpha value is -4.04. The zero-order chi connectivity index (χ0) is 18.4. The fourth-order valence-electron chi connectivity index (χ4n) is 1.99. The molecule has 0 atom stereocenters. The Morgan fingerprint density at radius 3 is 2.28 bits per heavy atom. The number of benzene rings is 2. The molecular weight excluding hydrogens is 326 g/mol. The lowest BCUT2D eigenvalue weighted by molar-refractivity contribution is -0.384. The van der Waals surface area contributed by atoms with Crippen molar-refractivity contribution in [2.75, 3.05) is 11.9 Å². The number of terminal acetylenes is 1.